The number of aliphatic hydroxyl groups is 2. The first kappa shape index (κ1) is 13.9. The number of H-pyrrole nitrogens is 1. The lowest BCUT2D eigenvalue weighted by Crippen LogP contribution is -2.31. The second kappa shape index (κ2) is 5.03. The van der Waals surface area contributed by atoms with Crippen molar-refractivity contribution in [2.75, 3.05) is 5.88 Å². The van der Waals surface area contributed by atoms with E-state index in [1.54, 1.807) is 0 Å². The number of nitrogens with one attached hydrogen (secondary N) is 1. The van der Waals surface area contributed by atoms with Crippen molar-refractivity contribution < 1.29 is 23.4 Å². The number of nitrogens with zero attached hydrogens (tertiary/aromatic N) is 1. The van der Waals surface area contributed by atoms with Gasteiger partial charge in [-0.2, -0.15) is 13.2 Å². The molecule has 0 aromatic carbocycles. The number of alkyl halides is 4. The van der Waals surface area contributed by atoms with Gasteiger partial charge in [0.05, 0.1) is 23.9 Å². The van der Waals surface area contributed by atoms with Crippen LogP contribution in [0, 0.1) is 0 Å². The number of rotatable bonds is 3. The molecule has 1 aromatic heterocycles. The van der Waals surface area contributed by atoms with E-state index in [1.165, 1.54) is 0 Å². The van der Waals surface area contributed by atoms with E-state index in [2.05, 4.69) is 4.98 Å². The number of hydrogen-bond acceptors (Lipinski definition) is 4. The Kier molecular flexibility index (Phi) is 4.12. The number of aromatic nitrogens is 2. The Morgan fingerprint density at radius 1 is 1.47 bits per heavy atom. The predicted octanol–water partition coefficient (Wildman–Crippen LogP) is 0.422. The second-order valence-corrected chi connectivity index (χ2v) is 3.47. The third-order valence-electron chi connectivity index (χ3n) is 1.98. The van der Waals surface area contributed by atoms with Crippen molar-refractivity contribution in [2.24, 2.45) is 0 Å². The lowest BCUT2D eigenvalue weighted by Gasteiger charge is -2.18. The molecule has 1 rings (SSSR count). The standard InChI is InChI=1S/C8H8ClF3N2O3/c9-1-3(15)5(16)4-6(8(10,11)12)13-2-14-7(4)17/h2-3,5,15-16H,1H2,(H,13,14,17). The quantitative estimate of drug-likeness (QED) is 0.696. The molecule has 1 heterocycles. The molecule has 1 aromatic rings. The largest absolute Gasteiger partial charge is 0.433 e. The van der Waals surface area contributed by atoms with Crippen molar-refractivity contribution in [3.05, 3.63) is 27.9 Å². The maximum Gasteiger partial charge on any atom is 0.433 e. The maximum absolute atomic E-state index is 12.5. The molecule has 17 heavy (non-hydrogen) atoms. The Morgan fingerprint density at radius 2 is 2.06 bits per heavy atom. The van der Waals surface area contributed by atoms with Crippen LogP contribution in [0.4, 0.5) is 13.2 Å². The molecule has 0 aliphatic heterocycles. The maximum atomic E-state index is 12.5. The van der Waals surface area contributed by atoms with Gasteiger partial charge in [-0.3, -0.25) is 4.79 Å². The number of aromatic amines is 1. The molecule has 96 valence electrons. The van der Waals surface area contributed by atoms with Crippen LogP contribution < -0.4 is 5.56 Å². The summed E-state index contributed by atoms with van der Waals surface area (Å²) in [6.07, 6.45) is -8.09. The van der Waals surface area contributed by atoms with Crippen LogP contribution in [0.3, 0.4) is 0 Å². The fourth-order valence-electron chi connectivity index (χ4n) is 1.19. The van der Waals surface area contributed by atoms with Crippen LogP contribution in [0.15, 0.2) is 11.1 Å². The molecule has 0 saturated carbocycles. The SMILES string of the molecule is O=c1[nH]cnc(C(F)(F)F)c1C(O)C(O)CCl. The first-order valence-electron chi connectivity index (χ1n) is 4.36. The molecule has 2 unspecified atom stereocenters. The molecular formula is C8H8ClF3N2O3. The minimum absolute atomic E-state index is 0.521. The Morgan fingerprint density at radius 3 is 2.53 bits per heavy atom. The summed E-state index contributed by atoms with van der Waals surface area (Å²) in [7, 11) is 0. The molecule has 0 amide bonds. The van der Waals surface area contributed by atoms with Gasteiger partial charge >= 0.3 is 6.18 Å². The summed E-state index contributed by atoms with van der Waals surface area (Å²) in [6.45, 7) is 0. The van der Waals surface area contributed by atoms with Crippen LogP contribution in [0.25, 0.3) is 0 Å². The van der Waals surface area contributed by atoms with E-state index in [-0.39, 0.29) is 0 Å². The molecule has 3 N–H and O–H groups in total. The molecule has 0 spiro atoms. The van der Waals surface area contributed by atoms with Crippen molar-refractivity contribution in [3.63, 3.8) is 0 Å². The fourth-order valence-corrected chi connectivity index (χ4v) is 1.36. The fraction of sp³-hybridized carbons (Fsp3) is 0.500. The molecule has 0 aliphatic rings. The van der Waals surface area contributed by atoms with Crippen molar-refractivity contribution in [1.82, 2.24) is 9.97 Å². The van der Waals surface area contributed by atoms with E-state index >= 15 is 0 Å². The highest BCUT2D eigenvalue weighted by molar-refractivity contribution is 6.18. The zero-order valence-electron chi connectivity index (χ0n) is 8.20. The van der Waals surface area contributed by atoms with Crippen LogP contribution in [0.5, 0.6) is 0 Å². The Labute approximate surface area is 97.9 Å². The molecule has 2 atom stereocenters. The Bertz CT molecular complexity index is 448. The second-order valence-electron chi connectivity index (χ2n) is 3.16. The summed E-state index contributed by atoms with van der Waals surface area (Å²) in [6, 6.07) is 0. The molecule has 0 fully saturated rings. The van der Waals surface area contributed by atoms with Crippen molar-refractivity contribution in [2.45, 2.75) is 18.4 Å². The zero-order valence-corrected chi connectivity index (χ0v) is 8.96. The van der Waals surface area contributed by atoms with E-state index in [9.17, 15) is 23.1 Å². The highest BCUT2D eigenvalue weighted by Crippen LogP contribution is 2.31. The Hall–Kier alpha value is -1.12. The van der Waals surface area contributed by atoms with Crippen LogP contribution in [-0.2, 0) is 6.18 Å². The van der Waals surface area contributed by atoms with E-state index in [0.717, 1.165) is 0 Å². The molecular weight excluding hydrogens is 265 g/mol. The molecule has 0 radical (unpaired) electrons. The monoisotopic (exact) mass is 272 g/mol. The van der Waals surface area contributed by atoms with Gasteiger partial charge in [0.25, 0.3) is 5.56 Å². The van der Waals surface area contributed by atoms with Gasteiger partial charge in [-0.05, 0) is 0 Å². The summed E-state index contributed by atoms with van der Waals surface area (Å²) < 4.78 is 37.5. The van der Waals surface area contributed by atoms with Gasteiger partial charge in [0.1, 0.15) is 6.10 Å². The van der Waals surface area contributed by atoms with Crippen molar-refractivity contribution >= 4 is 11.6 Å². The van der Waals surface area contributed by atoms with Crippen molar-refractivity contribution in [3.8, 4) is 0 Å². The topological polar surface area (TPSA) is 86.2 Å². The number of hydrogen-bond donors (Lipinski definition) is 3. The minimum Gasteiger partial charge on any atom is -0.389 e. The van der Waals surface area contributed by atoms with Gasteiger partial charge in [0.15, 0.2) is 5.69 Å². The summed E-state index contributed by atoms with van der Waals surface area (Å²) in [5, 5.41) is 18.6. The van der Waals surface area contributed by atoms with Gasteiger partial charge in [-0.1, -0.05) is 0 Å². The number of halogens is 4. The summed E-state index contributed by atoms with van der Waals surface area (Å²) in [5.41, 5.74) is -3.77. The molecule has 0 bridgehead atoms. The first-order chi connectivity index (χ1) is 7.79. The minimum atomic E-state index is -4.91. The van der Waals surface area contributed by atoms with Crippen LogP contribution in [0.1, 0.15) is 17.4 Å². The molecule has 0 saturated heterocycles. The smallest absolute Gasteiger partial charge is 0.389 e. The molecule has 9 heteroatoms. The lowest BCUT2D eigenvalue weighted by molar-refractivity contribution is -0.143. The normalized spacial score (nSPS) is 15.6. The van der Waals surface area contributed by atoms with Crippen molar-refractivity contribution in [1.29, 1.82) is 0 Å². The van der Waals surface area contributed by atoms with Crippen LogP contribution >= 0.6 is 11.6 Å². The van der Waals surface area contributed by atoms with Crippen LogP contribution in [-0.4, -0.2) is 32.2 Å². The van der Waals surface area contributed by atoms with E-state index in [0.29, 0.717) is 6.33 Å². The third-order valence-corrected chi connectivity index (χ3v) is 2.29. The highest BCUT2D eigenvalue weighted by Gasteiger charge is 2.39. The summed E-state index contributed by atoms with van der Waals surface area (Å²) in [4.78, 5) is 16.1. The molecule has 0 aliphatic carbocycles. The van der Waals surface area contributed by atoms with Gasteiger partial charge in [-0.25, -0.2) is 4.98 Å². The number of aliphatic hydroxyl groups excluding tert-OH is 2. The van der Waals surface area contributed by atoms with Gasteiger partial charge < -0.3 is 15.2 Å². The van der Waals surface area contributed by atoms with E-state index in [1.807, 2.05) is 4.98 Å². The highest BCUT2D eigenvalue weighted by atomic mass is 35.5. The van der Waals surface area contributed by atoms with Gasteiger partial charge in [0.2, 0.25) is 0 Å². The molecule has 5 nitrogen and oxygen atoms in total. The Balaban J connectivity index is 3.36. The van der Waals surface area contributed by atoms with Gasteiger partial charge in [0, 0.05) is 0 Å². The third kappa shape index (κ3) is 2.96. The summed E-state index contributed by atoms with van der Waals surface area (Å²) in [5.74, 6) is -0.521. The lowest BCUT2D eigenvalue weighted by atomic mass is 10.0. The average molecular weight is 273 g/mol. The summed E-state index contributed by atoms with van der Waals surface area (Å²) >= 11 is 5.19. The predicted molar refractivity (Wildman–Crippen MR) is 51.5 cm³/mol. The van der Waals surface area contributed by atoms with Gasteiger partial charge in [-0.15, -0.1) is 11.6 Å². The van der Waals surface area contributed by atoms with E-state index < -0.39 is 41.1 Å². The first-order valence-corrected chi connectivity index (χ1v) is 4.89. The van der Waals surface area contributed by atoms with E-state index in [4.69, 9.17) is 16.7 Å². The average Bonchev–Trinajstić information content (AvgIpc) is 2.25. The van der Waals surface area contributed by atoms with Crippen LogP contribution in [0.2, 0.25) is 0 Å². The zero-order chi connectivity index (χ0) is 13.2.